The third-order valence-corrected chi connectivity index (χ3v) is 4.33. The highest BCUT2D eigenvalue weighted by Crippen LogP contribution is 2.31. The molecule has 0 aliphatic carbocycles. The largest absolute Gasteiger partial charge is 0.491 e. The van der Waals surface area contributed by atoms with Crippen LogP contribution < -0.4 is 9.64 Å². The molecule has 0 aromatic heterocycles. The van der Waals surface area contributed by atoms with Crippen molar-refractivity contribution in [2.45, 2.75) is 39.3 Å². The van der Waals surface area contributed by atoms with Gasteiger partial charge in [-0.3, -0.25) is 9.59 Å². The number of fused-ring (bicyclic) bond motifs is 1. The molecule has 1 N–H and O–H groups in total. The van der Waals surface area contributed by atoms with Gasteiger partial charge >= 0.3 is 5.97 Å². The predicted octanol–water partition coefficient (Wildman–Crippen LogP) is 3.82. The summed E-state index contributed by atoms with van der Waals surface area (Å²) in [4.78, 5) is 25.4. The summed E-state index contributed by atoms with van der Waals surface area (Å²) in [6, 6.07) is 12.6. The van der Waals surface area contributed by atoms with E-state index in [-0.39, 0.29) is 12.0 Å². The van der Waals surface area contributed by atoms with E-state index in [0.717, 1.165) is 17.0 Å². The van der Waals surface area contributed by atoms with E-state index >= 15 is 0 Å². The molecule has 0 saturated carbocycles. The SMILES string of the molecule is CC(C)Oc1ccc2c(c1)CN(c1ccc(C(C)C(=O)O)cc1)C2=O. The monoisotopic (exact) mass is 339 g/mol. The van der Waals surface area contributed by atoms with Crippen LogP contribution in [-0.4, -0.2) is 23.1 Å². The second-order valence-electron chi connectivity index (χ2n) is 6.53. The van der Waals surface area contributed by atoms with Gasteiger partial charge in [0.1, 0.15) is 5.75 Å². The number of carbonyl (C=O) groups is 2. The number of nitrogens with zero attached hydrogens (tertiary/aromatic N) is 1. The minimum atomic E-state index is -0.866. The lowest BCUT2D eigenvalue weighted by Crippen LogP contribution is -2.23. The first-order chi connectivity index (χ1) is 11.9. The highest BCUT2D eigenvalue weighted by molar-refractivity contribution is 6.10. The Morgan fingerprint density at radius 2 is 1.80 bits per heavy atom. The maximum absolute atomic E-state index is 12.6. The Labute approximate surface area is 146 Å². The summed E-state index contributed by atoms with van der Waals surface area (Å²) in [6.45, 7) is 6.05. The van der Waals surface area contributed by atoms with E-state index in [1.807, 2.05) is 26.0 Å². The number of carboxylic acids is 1. The molecule has 2 aromatic rings. The van der Waals surface area contributed by atoms with Crippen molar-refractivity contribution < 1.29 is 19.4 Å². The topological polar surface area (TPSA) is 66.8 Å². The number of hydrogen-bond acceptors (Lipinski definition) is 3. The normalized spacial score (nSPS) is 14.6. The zero-order valence-electron chi connectivity index (χ0n) is 14.5. The lowest BCUT2D eigenvalue weighted by molar-refractivity contribution is -0.138. The summed E-state index contributed by atoms with van der Waals surface area (Å²) in [6.07, 6.45) is 0.0787. The molecule has 3 rings (SSSR count). The Hall–Kier alpha value is -2.82. The third-order valence-electron chi connectivity index (χ3n) is 4.33. The van der Waals surface area contributed by atoms with E-state index < -0.39 is 11.9 Å². The average molecular weight is 339 g/mol. The summed E-state index contributed by atoms with van der Waals surface area (Å²) in [5.74, 6) is -0.731. The van der Waals surface area contributed by atoms with E-state index in [0.29, 0.717) is 17.7 Å². The van der Waals surface area contributed by atoms with E-state index in [4.69, 9.17) is 9.84 Å². The Morgan fingerprint density at radius 3 is 2.40 bits per heavy atom. The molecule has 1 amide bonds. The van der Waals surface area contributed by atoms with E-state index in [2.05, 4.69) is 0 Å². The Morgan fingerprint density at radius 1 is 1.12 bits per heavy atom. The van der Waals surface area contributed by atoms with Crippen LogP contribution in [0, 0.1) is 0 Å². The number of anilines is 1. The van der Waals surface area contributed by atoms with E-state index in [1.165, 1.54) is 0 Å². The Bertz CT molecular complexity index is 811. The summed E-state index contributed by atoms with van der Waals surface area (Å²) in [5, 5.41) is 9.09. The maximum Gasteiger partial charge on any atom is 0.310 e. The van der Waals surface area contributed by atoms with Crippen LogP contribution in [0.25, 0.3) is 0 Å². The molecule has 0 bridgehead atoms. The van der Waals surface area contributed by atoms with Gasteiger partial charge < -0.3 is 14.7 Å². The van der Waals surface area contributed by atoms with Gasteiger partial charge in [-0.15, -0.1) is 0 Å². The number of ether oxygens (including phenoxy) is 1. The van der Waals surface area contributed by atoms with Gasteiger partial charge in [-0.25, -0.2) is 0 Å². The van der Waals surface area contributed by atoms with Crippen molar-refractivity contribution in [1.29, 1.82) is 0 Å². The number of rotatable bonds is 5. The fraction of sp³-hybridized carbons (Fsp3) is 0.300. The fourth-order valence-corrected chi connectivity index (χ4v) is 2.94. The van der Waals surface area contributed by atoms with Crippen LogP contribution in [0.4, 0.5) is 5.69 Å². The predicted molar refractivity (Wildman–Crippen MR) is 95.2 cm³/mol. The van der Waals surface area contributed by atoms with Crippen LogP contribution in [0.3, 0.4) is 0 Å². The minimum Gasteiger partial charge on any atom is -0.491 e. The van der Waals surface area contributed by atoms with Gasteiger partial charge in [-0.05, 0) is 62.2 Å². The van der Waals surface area contributed by atoms with Crippen LogP contribution in [0.2, 0.25) is 0 Å². The molecule has 1 atom stereocenters. The third kappa shape index (κ3) is 3.36. The maximum atomic E-state index is 12.6. The Balaban J connectivity index is 1.82. The first-order valence-corrected chi connectivity index (χ1v) is 8.31. The van der Waals surface area contributed by atoms with Crippen molar-refractivity contribution >= 4 is 17.6 Å². The number of benzene rings is 2. The summed E-state index contributed by atoms with van der Waals surface area (Å²) >= 11 is 0. The molecule has 0 saturated heterocycles. The van der Waals surface area contributed by atoms with Crippen LogP contribution in [0.5, 0.6) is 5.75 Å². The fourth-order valence-electron chi connectivity index (χ4n) is 2.94. The van der Waals surface area contributed by atoms with Crippen LogP contribution in [0.15, 0.2) is 42.5 Å². The van der Waals surface area contributed by atoms with Gasteiger partial charge in [-0.2, -0.15) is 0 Å². The summed E-state index contributed by atoms with van der Waals surface area (Å²) in [5.41, 5.74) is 3.09. The van der Waals surface area contributed by atoms with Crippen molar-refractivity contribution in [3.8, 4) is 5.75 Å². The number of amides is 1. The molecular formula is C20H21NO4. The number of hydrogen-bond donors (Lipinski definition) is 1. The zero-order valence-corrected chi connectivity index (χ0v) is 14.5. The molecule has 130 valence electrons. The molecule has 0 radical (unpaired) electrons. The molecule has 0 spiro atoms. The molecule has 5 nitrogen and oxygen atoms in total. The standard InChI is InChI=1S/C20H21NO4/c1-12(2)25-17-8-9-18-15(10-17)11-21(19(18)22)16-6-4-14(5-7-16)13(3)20(23)24/h4-10,12-13H,11H2,1-3H3,(H,23,24). The quantitative estimate of drug-likeness (QED) is 0.899. The second-order valence-corrected chi connectivity index (χ2v) is 6.53. The molecule has 1 unspecified atom stereocenters. The van der Waals surface area contributed by atoms with Gasteiger partial charge in [0.15, 0.2) is 0 Å². The highest BCUT2D eigenvalue weighted by atomic mass is 16.5. The number of carbonyl (C=O) groups excluding carboxylic acids is 1. The first kappa shape index (κ1) is 17.0. The summed E-state index contributed by atoms with van der Waals surface area (Å²) < 4.78 is 5.69. The molecule has 2 aromatic carbocycles. The van der Waals surface area contributed by atoms with E-state index in [9.17, 15) is 9.59 Å². The van der Waals surface area contributed by atoms with Crippen LogP contribution >= 0.6 is 0 Å². The molecule has 25 heavy (non-hydrogen) atoms. The van der Waals surface area contributed by atoms with Crippen molar-refractivity contribution in [2.75, 3.05) is 4.90 Å². The first-order valence-electron chi connectivity index (χ1n) is 8.31. The van der Waals surface area contributed by atoms with Crippen molar-refractivity contribution in [3.63, 3.8) is 0 Å². The van der Waals surface area contributed by atoms with Gasteiger partial charge in [0.2, 0.25) is 0 Å². The lowest BCUT2D eigenvalue weighted by Gasteiger charge is -2.17. The Kier molecular flexibility index (Phi) is 4.49. The van der Waals surface area contributed by atoms with Crippen molar-refractivity contribution in [2.24, 2.45) is 0 Å². The molecule has 5 heteroatoms. The minimum absolute atomic E-state index is 0.0508. The average Bonchev–Trinajstić information content (AvgIpc) is 2.90. The van der Waals surface area contributed by atoms with Crippen molar-refractivity contribution in [3.05, 3.63) is 59.2 Å². The van der Waals surface area contributed by atoms with Crippen LogP contribution in [0.1, 0.15) is 48.2 Å². The second kappa shape index (κ2) is 6.59. The molecule has 1 aliphatic heterocycles. The van der Waals surface area contributed by atoms with E-state index in [1.54, 1.807) is 42.2 Å². The zero-order chi connectivity index (χ0) is 18.1. The number of carboxylic acid groups (broad SMARTS) is 1. The van der Waals surface area contributed by atoms with Crippen molar-refractivity contribution in [1.82, 2.24) is 0 Å². The lowest BCUT2D eigenvalue weighted by atomic mass is 10.0. The van der Waals surface area contributed by atoms with Gasteiger partial charge in [0.25, 0.3) is 5.91 Å². The van der Waals surface area contributed by atoms with Gasteiger partial charge in [0, 0.05) is 11.3 Å². The van der Waals surface area contributed by atoms with Gasteiger partial charge in [0.05, 0.1) is 18.6 Å². The molecular weight excluding hydrogens is 318 g/mol. The molecule has 1 heterocycles. The van der Waals surface area contributed by atoms with Gasteiger partial charge in [-0.1, -0.05) is 12.1 Å². The summed E-state index contributed by atoms with van der Waals surface area (Å²) in [7, 11) is 0. The molecule has 1 aliphatic rings. The van der Waals surface area contributed by atoms with Crippen LogP contribution in [-0.2, 0) is 11.3 Å². The molecule has 0 fully saturated rings. The highest BCUT2D eigenvalue weighted by Gasteiger charge is 2.29. The smallest absolute Gasteiger partial charge is 0.310 e. The number of aliphatic carboxylic acids is 1.